The molecular weight excluding hydrogens is 304 g/mol. The second-order valence-electron chi connectivity index (χ2n) is 3.53. The van der Waals surface area contributed by atoms with Crippen LogP contribution in [0.1, 0.15) is 4.88 Å². The van der Waals surface area contributed by atoms with Crippen molar-refractivity contribution in [2.45, 2.75) is 6.54 Å². The van der Waals surface area contributed by atoms with Gasteiger partial charge in [-0.3, -0.25) is 0 Å². The van der Waals surface area contributed by atoms with E-state index < -0.39 is 0 Å². The number of nitrogens with zero attached hydrogens (tertiary/aromatic N) is 2. The lowest BCUT2D eigenvalue weighted by atomic mass is 10.3. The molecule has 0 bridgehead atoms. The van der Waals surface area contributed by atoms with Crippen LogP contribution in [-0.2, 0) is 6.54 Å². The van der Waals surface area contributed by atoms with Gasteiger partial charge in [0.2, 0.25) is 0 Å². The van der Waals surface area contributed by atoms with Gasteiger partial charge in [-0.2, -0.15) is 0 Å². The Hall–Kier alpha value is -1.40. The molecule has 0 aliphatic carbocycles. The molecule has 2 aliphatic heterocycles. The molecule has 0 saturated heterocycles. The maximum absolute atomic E-state index is 11.2. The topological polar surface area (TPSA) is 48.0 Å². The molecule has 6 heteroatoms. The van der Waals surface area contributed by atoms with Gasteiger partial charge in [0.25, 0.3) is 0 Å². The van der Waals surface area contributed by atoms with Crippen molar-refractivity contribution in [2.24, 2.45) is 0 Å². The second-order valence-corrected chi connectivity index (χ2v) is 5.92. The summed E-state index contributed by atoms with van der Waals surface area (Å²) in [5, 5.41) is 0. The van der Waals surface area contributed by atoms with Crippen LogP contribution in [0.4, 0.5) is 0 Å². The van der Waals surface area contributed by atoms with E-state index in [2.05, 4.69) is 20.9 Å². The van der Waals surface area contributed by atoms with E-state index in [4.69, 9.17) is 4.42 Å². The highest BCUT2D eigenvalue weighted by molar-refractivity contribution is 9.11. The van der Waals surface area contributed by atoms with Crippen molar-refractivity contribution >= 4 is 27.3 Å². The SMILES string of the molecule is O=c1cc2n(Cc3cnc(Br)s3)cccc-2o1. The molecule has 17 heavy (non-hydrogen) atoms. The summed E-state index contributed by atoms with van der Waals surface area (Å²) in [4.78, 5) is 16.4. The van der Waals surface area contributed by atoms with Crippen LogP contribution < -0.4 is 5.63 Å². The van der Waals surface area contributed by atoms with Gasteiger partial charge in [-0.1, -0.05) is 0 Å². The molecule has 0 spiro atoms. The van der Waals surface area contributed by atoms with Gasteiger partial charge in [-0.25, -0.2) is 9.78 Å². The first-order valence-electron chi connectivity index (χ1n) is 4.91. The van der Waals surface area contributed by atoms with E-state index in [1.165, 1.54) is 6.07 Å². The number of aromatic nitrogens is 2. The van der Waals surface area contributed by atoms with Crippen LogP contribution in [0.5, 0.6) is 0 Å². The Morgan fingerprint density at radius 3 is 3.18 bits per heavy atom. The predicted molar refractivity (Wildman–Crippen MR) is 68.5 cm³/mol. The van der Waals surface area contributed by atoms with Crippen molar-refractivity contribution in [3.63, 3.8) is 0 Å². The summed E-state index contributed by atoms with van der Waals surface area (Å²) in [7, 11) is 0. The van der Waals surface area contributed by atoms with E-state index in [9.17, 15) is 4.79 Å². The normalized spacial score (nSPS) is 11.1. The monoisotopic (exact) mass is 310 g/mol. The van der Waals surface area contributed by atoms with Crippen molar-refractivity contribution in [1.29, 1.82) is 0 Å². The van der Waals surface area contributed by atoms with E-state index in [1.807, 2.05) is 23.0 Å². The average molecular weight is 311 g/mol. The summed E-state index contributed by atoms with van der Waals surface area (Å²) in [5.74, 6) is 0.612. The minimum atomic E-state index is -0.314. The average Bonchev–Trinajstić information content (AvgIpc) is 2.84. The zero-order chi connectivity index (χ0) is 11.8. The first kappa shape index (κ1) is 10.7. The molecule has 2 aliphatic rings. The van der Waals surface area contributed by atoms with Crippen LogP contribution in [0.25, 0.3) is 11.5 Å². The highest BCUT2D eigenvalue weighted by Gasteiger charge is 2.12. The molecular formula is C11H7BrN2O2S. The Bertz CT molecular complexity index is 685. The van der Waals surface area contributed by atoms with E-state index in [0.717, 1.165) is 14.5 Å². The minimum absolute atomic E-state index is 0.314. The molecule has 1 aromatic heterocycles. The maximum Gasteiger partial charge on any atom is 0.338 e. The first-order chi connectivity index (χ1) is 8.22. The largest absolute Gasteiger partial charge is 0.421 e. The zero-order valence-electron chi connectivity index (χ0n) is 8.59. The Labute approximate surface area is 109 Å². The molecule has 86 valence electrons. The fourth-order valence-corrected chi connectivity index (χ4v) is 3.05. The zero-order valence-corrected chi connectivity index (χ0v) is 11.0. The van der Waals surface area contributed by atoms with Gasteiger partial charge in [-0.05, 0) is 28.1 Å². The lowest BCUT2D eigenvalue weighted by molar-refractivity contribution is 0.540. The number of rotatable bonds is 2. The fourth-order valence-electron chi connectivity index (χ4n) is 1.69. The summed E-state index contributed by atoms with van der Waals surface area (Å²) in [5.41, 5.74) is 0.493. The molecule has 0 radical (unpaired) electrons. The number of thiazole rings is 1. The molecule has 0 aromatic carbocycles. The van der Waals surface area contributed by atoms with Gasteiger partial charge in [0.1, 0.15) is 0 Å². The van der Waals surface area contributed by atoms with Gasteiger partial charge >= 0.3 is 5.63 Å². The van der Waals surface area contributed by atoms with Crippen LogP contribution in [0.3, 0.4) is 0 Å². The van der Waals surface area contributed by atoms with Gasteiger partial charge in [0.15, 0.2) is 9.68 Å². The molecule has 0 fully saturated rings. The Kier molecular flexibility index (Phi) is 2.60. The molecule has 0 N–H and O–H groups in total. The molecule has 3 heterocycles. The van der Waals surface area contributed by atoms with Crippen LogP contribution in [0, 0.1) is 0 Å². The van der Waals surface area contributed by atoms with Gasteiger partial charge < -0.3 is 8.98 Å². The molecule has 3 rings (SSSR count). The van der Waals surface area contributed by atoms with Crippen molar-refractivity contribution in [2.75, 3.05) is 0 Å². The third kappa shape index (κ3) is 2.05. The smallest absolute Gasteiger partial charge is 0.338 e. The predicted octanol–water partition coefficient (Wildman–Crippen LogP) is 2.81. The molecule has 0 unspecified atom stereocenters. The number of hydrogen-bond donors (Lipinski definition) is 0. The van der Waals surface area contributed by atoms with Crippen LogP contribution >= 0.6 is 27.3 Å². The van der Waals surface area contributed by atoms with Crippen LogP contribution in [0.15, 0.2) is 43.7 Å². The van der Waals surface area contributed by atoms with Gasteiger partial charge in [0.05, 0.1) is 18.3 Å². The molecule has 1 aromatic rings. The summed E-state index contributed by atoms with van der Waals surface area (Å²) >= 11 is 4.90. The van der Waals surface area contributed by atoms with Crippen LogP contribution in [0.2, 0.25) is 0 Å². The highest BCUT2D eigenvalue weighted by Crippen LogP contribution is 2.24. The van der Waals surface area contributed by atoms with Gasteiger partial charge in [-0.15, -0.1) is 11.3 Å². The number of furan rings is 1. The molecule has 0 atom stereocenters. The highest BCUT2D eigenvalue weighted by atomic mass is 79.9. The minimum Gasteiger partial charge on any atom is -0.421 e. The van der Waals surface area contributed by atoms with E-state index in [1.54, 1.807) is 17.4 Å². The van der Waals surface area contributed by atoms with E-state index in [-0.39, 0.29) is 5.63 Å². The summed E-state index contributed by atoms with van der Waals surface area (Å²) in [6.45, 7) is 0.680. The Morgan fingerprint density at radius 2 is 2.41 bits per heavy atom. The Balaban J connectivity index is 2.03. The lowest BCUT2D eigenvalue weighted by Gasteiger charge is -2.08. The molecule has 0 saturated carbocycles. The lowest BCUT2D eigenvalue weighted by Crippen LogP contribution is -2.01. The standard InChI is InChI=1S/C11H7BrN2O2S/c12-11-13-5-7(17-11)6-14-3-1-2-9-8(14)4-10(15)16-9/h1-5H,6H2. The van der Waals surface area contributed by atoms with Crippen molar-refractivity contribution in [3.8, 4) is 11.5 Å². The van der Waals surface area contributed by atoms with E-state index >= 15 is 0 Å². The number of fused-ring (bicyclic) bond motifs is 1. The maximum atomic E-state index is 11.2. The number of pyridine rings is 1. The van der Waals surface area contributed by atoms with Gasteiger partial charge in [0, 0.05) is 17.3 Å². The third-order valence-corrected chi connectivity index (χ3v) is 3.85. The van der Waals surface area contributed by atoms with Crippen LogP contribution in [-0.4, -0.2) is 9.55 Å². The Morgan fingerprint density at radius 1 is 1.53 bits per heavy atom. The molecule has 0 amide bonds. The third-order valence-electron chi connectivity index (χ3n) is 2.39. The quantitative estimate of drug-likeness (QED) is 0.731. The number of hydrogen-bond acceptors (Lipinski definition) is 4. The molecule has 4 nitrogen and oxygen atoms in total. The summed E-state index contributed by atoms with van der Waals surface area (Å²) < 4.78 is 7.88. The van der Waals surface area contributed by atoms with E-state index in [0.29, 0.717) is 12.3 Å². The summed E-state index contributed by atoms with van der Waals surface area (Å²) in [6, 6.07) is 5.16. The van der Waals surface area contributed by atoms with Crippen molar-refractivity contribution in [1.82, 2.24) is 9.55 Å². The fraction of sp³-hybridized carbons (Fsp3) is 0.0909. The second kappa shape index (κ2) is 4.12. The van der Waals surface area contributed by atoms with Crippen molar-refractivity contribution in [3.05, 3.63) is 49.8 Å². The first-order valence-corrected chi connectivity index (χ1v) is 6.52. The summed E-state index contributed by atoms with van der Waals surface area (Å²) in [6.07, 6.45) is 3.74. The number of halogens is 1. The van der Waals surface area contributed by atoms with Crippen molar-refractivity contribution < 1.29 is 4.42 Å².